The number of nitrogens with zero attached hydrogens (tertiary/aromatic N) is 2. The second-order valence-electron chi connectivity index (χ2n) is 4.85. The monoisotopic (exact) mass is 246 g/mol. The first-order valence-corrected chi connectivity index (χ1v) is 6.57. The minimum Gasteiger partial charge on any atom is -0.359 e. The molecule has 1 aliphatic rings. The van der Waals surface area contributed by atoms with E-state index in [9.17, 15) is 0 Å². The van der Waals surface area contributed by atoms with Crippen LogP contribution in [0.15, 0.2) is 22.9 Å². The first-order valence-electron chi connectivity index (χ1n) is 6.57. The van der Waals surface area contributed by atoms with Gasteiger partial charge in [-0.15, -0.1) is 0 Å². The van der Waals surface area contributed by atoms with Gasteiger partial charge >= 0.3 is 0 Å². The van der Waals surface area contributed by atoms with Crippen molar-refractivity contribution >= 4 is 0 Å². The summed E-state index contributed by atoms with van der Waals surface area (Å²) in [7, 11) is 0. The summed E-state index contributed by atoms with van der Waals surface area (Å²) in [6.45, 7) is 3.27. The summed E-state index contributed by atoms with van der Waals surface area (Å²) in [6, 6.07) is 4.08. The number of piperidine rings is 1. The zero-order valence-electron chi connectivity index (χ0n) is 10.5. The summed E-state index contributed by atoms with van der Waals surface area (Å²) in [5.41, 5.74) is 0.896. The SMILES string of the molecule is CCC1CCNC(c2nc(-c3ccc[nH]3)no2)C1. The lowest BCUT2D eigenvalue weighted by molar-refractivity contribution is 0.246. The zero-order chi connectivity index (χ0) is 12.4. The Kier molecular flexibility index (Phi) is 3.15. The van der Waals surface area contributed by atoms with E-state index in [1.54, 1.807) is 0 Å². The summed E-state index contributed by atoms with van der Waals surface area (Å²) < 4.78 is 5.38. The van der Waals surface area contributed by atoms with Crippen LogP contribution in [-0.4, -0.2) is 21.7 Å². The van der Waals surface area contributed by atoms with Crippen LogP contribution in [0.1, 0.15) is 38.1 Å². The van der Waals surface area contributed by atoms with Gasteiger partial charge < -0.3 is 14.8 Å². The highest BCUT2D eigenvalue weighted by Crippen LogP contribution is 2.28. The maximum absolute atomic E-state index is 5.38. The van der Waals surface area contributed by atoms with E-state index < -0.39 is 0 Å². The standard InChI is InChI=1S/C13H18N4O/c1-2-9-5-7-15-11(8-9)13-16-12(17-18-13)10-4-3-6-14-10/h3-4,6,9,11,14-15H,2,5,7-8H2,1H3. The van der Waals surface area contributed by atoms with Gasteiger partial charge in [-0.3, -0.25) is 0 Å². The molecule has 1 fully saturated rings. The third-order valence-electron chi connectivity index (χ3n) is 3.67. The van der Waals surface area contributed by atoms with Crippen molar-refractivity contribution < 1.29 is 4.52 Å². The van der Waals surface area contributed by atoms with Crippen LogP contribution in [0.2, 0.25) is 0 Å². The average molecular weight is 246 g/mol. The molecule has 2 atom stereocenters. The van der Waals surface area contributed by atoms with E-state index >= 15 is 0 Å². The van der Waals surface area contributed by atoms with Crippen LogP contribution in [0.5, 0.6) is 0 Å². The summed E-state index contributed by atoms with van der Waals surface area (Å²) in [6.07, 6.45) is 5.40. The lowest BCUT2D eigenvalue weighted by Gasteiger charge is -2.27. The van der Waals surface area contributed by atoms with Crippen molar-refractivity contribution in [2.24, 2.45) is 5.92 Å². The molecular weight excluding hydrogens is 228 g/mol. The molecule has 18 heavy (non-hydrogen) atoms. The van der Waals surface area contributed by atoms with Crippen LogP contribution in [0.4, 0.5) is 0 Å². The van der Waals surface area contributed by atoms with Crippen molar-refractivity contribution in [2.45, 2.75) is 32.2 Å². The molecule has 2 aromatic heterocycles. The van der Waals surface area contributed by atoms with Gasteiger partial charge in [-0.1, -0.05) is 18.5 Å². The Bertz CT molecular complexity index is 491. The number of aromatic amines is 1. The molecule has 3 heterocycles. The van der Waals surface area contributed by atoms with Gasteiger partial charge in [0, 0.05) is 6.20 Å². The predicted molar refractivity (Wildman–Crippen MR) is 67.8 cm³/mol. The Labute approximate surface area is 106 Å². The molecule has 1 aliphatic heterocycles. The third kappa shape index (κ3) is 2.18. The predicted octanol–water partition coefficient (Wildman–Crippen LogP) is 2.52. The second kappa shape index (κ2) is 4.94. The highest BCUT2D eigenvalue weighted by Gasteiger charge is 2.26. The Morgan fingerprint density at radius 3 is 3.22 bits per heavy atom. The van der Waals surface area contributed by atoms with Crippen molar-refractivity contribution in [3.8, 4) is 11.5 Å². The number of aromatic nitrogens is 3. The molecule has 5 nitrogen and oxygen atoms in total. The molecule has 0 aliphatic carbocycles. The molecular formula is C13H18N4O. The van der Waals surface area contributed by atoms with Gasteiger partial charge in [0.1, 0.15) is 0 Å². The summed E-state index contributed by atoms with van der Waals surface area (Å²) in [5, 5.41) is 7.48. The number of hydrogen-bond acceptors (Lipinski definition) is 4. The Morgan fingerprint density at radius 2 is 2.44 bits per heavy atom. The quantitative estimate of drug-likeness (QED) is 0.873. The third-order valence-corrected chi connectivity index (χ3v) is 3.67. The van der Waals surface area contributed by atoms with Crippen LogP contribution in [0.25, 0.3) is 11.5 Å². The molecule has 2 unspecified atom stereocenters. The fraction of sp³-hybridized carbons (Fsp3) is 0.538. The van der Waals surface area contributed by atoms with Crippen molar-refractivity contribution in [1.29, 1.82) is 0 Å². The van der Waals surface area contributed by atoms with Crippen LogP contribution in [-0.2, 0) is 0 Å². The molecule has 2 N–H and O–H groups in total. The van der Waals surface area contributed by atoms with Gasteiger partial charge in [0.05, 0.1) is 11.7 Å². The second-order valence-corrected chi connectivity index (χ2v) is 4.85. The Balaban J connectivity index is 1.77. The zero-order valence-corrected chi connectivity index (χ0v) is 10.5. The summed E-state index contributed by atoms with van der Waals surface area (Å²) >= 11 is 0. The first-order chi connectivity index (χ1) is 8.86. The number of H-pyrrole nitrogens is 1. The minimum absolute atomic E-state index is 0.208. The molecule has 0 aromatic carbocycles. The van der Waals surface area contributed by atoms with Crippen LogP contribution >= 0.6 is 0 Å². The van der Waals surface area contributed by atoms with Crippen molar-refractivity contribution in [1.82, 2.24) is 20.4 Å². The van der Waals surface area contributed by atoms with Gasteiger partial charge in [-0.2, -0.15) is 4.98 Å². The molecule has 2 aromatic rings. The van der Waals surface area contributed by atoms with Gasteiger partial charge in [0.15, 0.2) is 0 Å². The van der Waals surface area contributed by atoms with Crippen molar-refractivity contribution in [3.63, 3.8) is 0 Å². The van der Waals surface area contributed by atoms with Crippen LogP contribution < -0.4 is 5.32 Å². The highest BCUT2D eigenvalue weighted by atomic mass is 16.5. The van der Waals surface area contributed by atoms with E-state index in [4.69, 9.17) is 4.52 Å². The largest absolute Gasteiger partial charge is 0.359 e. The van der Waals surface area contributed by atoms with E-state index in [1.807, 2.05) is 18.3 Å². The van der Waals surface area contributed by atoms with E-state index in [2.05, 4.69) is 27.4 Å². The van der Waals surface area contributed by atoms with Gasteiger partial charge in [-0.05, 0) is 37.4 Å². The van der Waals surface area contributed by atoms with E-state index in [0.29, 0.717) is 11.7 Å². The lowest BCUT2D eigenvalue weighted by atomic mass is 9.90. The summed E-state index contributed by atoms with van der Waals surface area (Å²) in [5.74, 6) is 2.10. The maximum atomic E-state index is 5.38. The Hall–Kier alpha value is -1.62. The number of nitrogens with one attached hydrogen (secondary N) is 2. The molecule has 0 radical (unpaired) electrons. The van der Waals surface area contributed by atoms with Crippen molar-refractivity contribution in [3.05, 3.63) is 24.2 Å². The molecule has 96 valence electrons. The van der Waals surface area contributed by atoms with Crippen LogP contribution in [0, 0.1) is 5.92 Å². The highest BCUT2D eigenvalue weighted by molar-refractivity contribution is 5.47. The Morgan fingerprint density at radius 1 is 1.50 bits per heavy atom. The molecule has 0 spiro atoms. The van der Waals surface area contributed by atoms with Crippen LogP contribution in [0.3, 0.4) is 0 Å². The normalized spacial score (nSPS) is 24.3. The van der Waals surface area contributed by atoms with Crippen molar-refractivity contribution in [2.75, 3.05) is 6.54 Å². The molecule has 3 rings (SSSR count). The fourth-order valence-corrected chi connectivity index (χ4v) is 2.51. The topological polar surface area (TPSA) is 66.7 Å². The molecule has 0 amide bonds. The number of hydrogen-bond donors (Lipinski definition) is 2. The van der Waals surface area contributed by atoms with E-state index in [1.165, 1.54) is 12.8 Å². The average Bonchev–Trinajstić information content (AvgIpc) is 3.09. The van der Waals surface area contributed by atoms with E-state index in [0.717, 1.165) is 24.6 Å². The van der Waals surface area contributed by atoms with E-state index in [-0.39, 0.29) is 6.04 Å². The molecule has 0 bridgehead atoms. The fourth-order valence-electron chi connectivity index (χ4n) is 2.51. The maximum Gasteiger partial charge on any atom is 0.244 e. The van der Waals surface area contributed by atoms with Gasteiger partial charge in [-0.25, -0.2) is 0 Å². The molecule has 0 saturated carbocycles. The smallest absolute Gasteiger partial charge is 0.244 e. The lowest BCUT2D eigenvalue weighted by Crippen LogP contribution is -2.31. The number of rotatable bonds is 3. The first kappa shape index (κ1) is 11.5. The summed E-state index contributed by atoms with van der Waals surface area (Å²) in [4.78, 5) is 7.56. The minimum atomic E-state index is 0.208. The van der Waals surface area contributed by atoms with Gasteiger partial charge in [0.25, 0.3) is 0 Å². The van der Waals surface area contributed by atoms with Gasteiger partial charge in [0.2, 0.25) is 11.7 Å². The molecule has 1 saturated heterocycles. The molecule has 5 heteroatoms.